The largest absolute Gasteiger partial charge is 0.480 e. The van der Waals surface area contributed by atoms with Crippen LogP contribution in [-0.2, 0) is 11.2 Å². The second-order valence-electron chi connectivity index (χ2n) is 2.62. The summed E-state index contributed by atoms with van der Waals surface area (Å²) >= 11 is 3.23. The molecule has 0 aliphatic heterocycles. The summed E-state index contributed by atoms with van der Waals surface area (Å²) in [7, 11) is 0. The van der Waals surface area contributed by atoms with E-state index >= 15 is 0 Å². The zero-order valence-electron chi connectivity index (χ0n) is 6.77. The lowest BCUT2D eigenvalue weighted by molar-refractivity contribution is -0.138. The van der Waals surface area contributed by atoms with E-state index in [1.165, 1.54) is 0 Å². The van der Waals surface area contributed by atoms with E-state index in [1.807, 2.05) is 0 Å². The number of hydrogen-bond acceptors (Lipinski definition) is 3. The average Bonchev–Trinajstić information content (AvgIpc) is 2.08. The first-order valence-electron chi connectivity index (χ1n) is 3.68. The Morgan fingerprint density at radius 3 is 2.85 bits per heavy atom. The summed E-state index contributed by atoms with van der Waals surface area (Å²) in [6, 6.07) is 2.66. The van der Waals surface area contributed by atoms with Gasteiger partial charge in [-0.2, -0.15) is 0 Å². The highest BCUT2D eigenvalue weighted by molar-refractivity contribution is 9.10. The van der Waals surface area contributed by atoms with Gasteiger partial charge in [0, 0.05) is 22.8 Å². The van der Waals surface area contributed by atoms with Gasteiger partial charge in [0.05, 0.1) is 0 Å². The molecule has 0 aliphatic rings. The molecule has 0 fully saturated rings. The number of rotatable bonds is 3. The van der Waals surface area contributed by atoms with Crippen molar-refractivity contribution < 1.29 is 9.90 Å². The number of hydrogen-bond donors (Lipinski definition) is 2. The van der Waals surface area contributed by atoms with Gasteiger partial charge in [0.25, 0.3) is 0 Å². The molecule has 0 spiro atoms. The molecule has 1 aromatic heterocycles. The van der Waals surface area contributed by atoms with E-state index in [1.54, 1.807) is 18.3 Å². The van der Waals surface area contributed by atoms with Crippen LogP contribution in [-0.4, -0.2) is 22.1 Å². The lowest BCUT2D eigenvalue weighted by Crippen LogP contribution is -2.32. The van der Waals surface area contributed by atoms with Crippen LogP contribution in [0.15, 0.2) is 22.8 Å². The van der Waals surface area contributed by atoms with E-state index in [0.29, 0.717) is 5.69 Å². The van der Waals surface area contributed by atoms with Crippen molar-refractivity contribution in [3.63, 3.8) is 0 Å². The molecule has 4 nitrogen and oxygen atoms in total. The molecule has 70 valence electrons. The number of pyridine rings is 1. The minimum absolute atomic E-state index is 0.253. The summed E-state index contributed by atoms with van der Waals surface area (Å²) in [4.78, 5) is 14.4. The van der Waals surface area contributed by atoms with Gasteiger partial charge in [-0.3, -0.25) is 9.78 Å². The van der Waals surface area contributed by atoms with Crippen molar-refractivity contribution in [3.8, 4) is 0 Å². The van der Waals surface area contributed by atoms with Crippen LogP contribution in [0, 0.1) is 0 Å². The molecule has 1 heterocycles. The van der Waals surface area contributed by atoms with Gasteiger partial charge in [-0.25, -0.2) is 0 Å². The Morgan fingerprint density at radius 2 is 2.38 bits per heavy atom. The van der Waals surface area contributed by atoms with E-state index in [4.69, 9.17) is 10.8 Å². The number of nitrogens with two attached hydrogens (primary N) is 1. The fourth-order valence-corrected chi connectivity index (χ4v) is 1.07. The highest BCUT2D eigenvalue weighted by Crippen LogP contribution is 2.08. The van der Waals surface area contributed by atoms with E-state index in [0.717, 1.165) is 4.47 Å². The third-order valence-corrected chi connectivity index (χ3v) is 2.00. The molecule has 1 rings (SSSR count). The second kappa shape index (κ2) is 4.34. The average molecular weight is 245 g/mol. The molecule has 1 unspecified atom stereocenters. The molecule has 1 atom stereocenters. The first-order valence-corrected chi connectivity index (χ1v) is 4.47. The number of halogens is 1. The number of nitrogens with zero attached hydrogens (tertiary/aromatic N) is 1. The summed E-state index contributed by atoms with van der Waals surface area (Å²) in [5, 5.41) is 8.54. The molecular weight excluding hydrogens is 236 g/mol. The normalized spacial score (nSPS) is 12.5. The predicted molar refractivity (Wildman–Crippen MR) is 51.3 cm³/mol. The van der Waals surface area contributed by atoms with Gasteiger partial charge in [0.2, 0.25) is 0 Å². The Bertz CT molecular complexity index is 300. The highest BCUT2D eigenvalue weighted by Gasteiger charge is 2.12. The number of carbonyl (C=O) groups is 1. The van der Waals surface area contributed by atoms with Crippen LogP contribution >= 0.6 is 15.9 Å². The zero-order chi connectivity index (χ0) is 9.84. The Hall–Kier alpha value is -0.940. The predicted octanol–water partition coefficient (Wildman–Crippen LogP) is 0.798. The topological polar surface area (TPSA) is 76.2 Å². The fraction of sp³-hybridized carbons (Fsp3) is 0.250. The molecule has 5 heteroatoms. The molecule has 0 radical (unpaired) electrons. The summed E-state index contributed by atoms with van der Waals surface area (Å²) in [5.74, 6) is -1.01. The molecule has 13 heavy (non-hydrogen) atoms. The lowest BCUT2D eigenvalue weighted by atomic mass is 10.1. The standard InChI is InChI=1S/C8H9BrN2O2/c9-5-1-2-6(11-4-5)3-7(10)8(12)13/h1-2,4,7H,3,10H2,(H,12,13). The van der Waals surface area contributed by atoms with Gasteiger partial charge in [0.15, 0.2) is 0 Å². The highest BCUT2D eigenvalue weighted by atomic mass is 79.9. The molecule has 0 saturated heterocycles. The Balaban J connectivity index is 2.64. The van der Waals surface area contributed by atoms with Crippen molar-refractivity contribution in [1.29, 1.82) is 0 Å². The maximum absolute atomic E-state index is 10.4. The van der Waals surface area contributed by atoms with Gasteiger partial charge in [-0.1, -0.05) is 0 Å². The monoisotopic (exact) mass is 244 g/mol. The SMILES string of the molecule is NC(Cc1ccc(Br)cn1)C(=O)O. The van der Waals surface area contributed by atoms with Crippen LogP contribution < -0.4 is 5.73 Å². The third kappa shape index (κ3) is 3.12. The fourth-order valence-electron chi connectivity index (χ4n) is 0.840. The number of carboxylic acids is 1. The van der Waals surface area contributed by atoms with E-state index in [9.17, 15) is 4.79 Å². The van der Waals surface area contributed by atoms with E-state index in [-0.39, 0.29) is 6.42 Å². The van der Waals surface area contributed by atoms with Crippen LogP contribution in [0.1, 0.15) is 5.69 Å². The molecule has 0 aromatic carbocycles. The summed E-state index contributed by atoms with van der Waals surface area (Å²) < 4.78 is 0.861. The number of aromatic nitrogens is 1. The van der Waals surface area contributed by atoms with Crippen molar-refractivity contribution in [3.05, 3.63) is 28.5 Å². The molecule has 0 amide bonds. The van der Waals surface area contributed by atoms with Crippen molar-refractivity contribution in [2.45, 2.75) is 12.5 Å². The Morgan fingerprint density at radius 1 is 1.69 bits per heavy atom. The molecule has 0 aliphatic carbocycles. The molecule has 3 N–H and O–H groups in total. The first kappa shape index (κ1) is 10.1. The summed E-state index contributed by atoms with van der Waals surface area (Å²) in [5.41, 5.74) is 6.01. The van der Waals surface area contributed by atoms with Gasteiger partial charge < -0.3 is 10.8 Å². The maximum Gasteiger partial charge on any atom is 0.320 e. The Kier molecular flexibility index (Phi) is 3.39. The summed E-state index contributed by atoms with van der Waals surface area (Å²) in [6.07, 6.45) is 1.87. The maximum atomic E-state index is 10.4. The van der Waals surface area contributed by atoms with Crippen LogP contribution in [0.2, 0.25) is 0 Å². The van der Waals surface area contributed by atoms with Crippen LogP contribution in [0.5, 0.6) is 0 Å². The first-order chi connectivity index (χ1) is 6.09. The molecule has 0 saturated carbocycles. The van der Waals surface area contributed by atoms with Crippen LogP contribution in [0.25, 0.3) is 0 Å². The van der Waals surface area contributed by atoms with Gasteiger partial charge in [-0.05, 0) is 28.1 Å². The van der Waals surface area contributed by atoms with Crippen molar-refractivity contribution >= 4 is 21.9 Å². The smallest absolute Gasteiger partial charge is 0.320 e. The van der Waals surface area contributed by atoms with Crippen molar-refractivity contribution in [2.24, 2.45) is 5.73 Å². The van der Waals surface area contributed by atoms with Crippen molar-refractivity contribution in [1.82, 2.24) is 4.98 Å². The quantitative estimate of drug-likeness (QED) is 0.825. The lowest BCUT2D eigenvalue weighted by Gasteiger charge is -2.04. The van der Waals surface area contributed by atoms with E-state index < -0.39 is 12.0 Å². The van der Waals surface area contributed by atoms with Gasteiger partial charge >= 0.3 is 5.97 Å². The zero-order valence-corrected chi connectivity index (χ0v) is 8.36. The van der Waals surface area contributed by atoms with Gasteiger partial charge in [0.1, 0.15) is 6.04 Å². The van der Waals surface area contributed by atoms with Crippen molar-refractivity contribution in [2.75, 3.05) is 0 Å². The summed E-state index contributed by atoms with van der Waals surface area (Å²) in [6.45, 7) is 0. The third-order valence-electron chi connectivity index (χ3n) is 1.53. The minimum atomic E-state index is -1.01. The van der Waals surface area contributed by atoms with Crippen LogP contribution in [0.3, 0.4) is 0 Å². The molecule has 1 aromatic rings. The van der Waals surface area contributed by atoms with Crippen LogP contribution in [0.4, 0.5) is 0 Å². The minimum Gasteiger partial charge on any atom is -0.480 e. The number of carboxylic acid groups (broad SMARTS) is 1. The second-order valence-corrected chi connectivity index (χ2v) is 3.53. The number of aliphatic carboxylic acids is 1. The van der Waals surface area contributed by atoms with Gasteiger partial charge in [-0.15, -0.1) is 0 Å². The molecular formula is C8H9BrN2O2. The molecule has 0 bridgehead atoms. The van der Waals surface area contributed by atoms with E-state index in [2.05, 4.69) is 20.9 Å². The Labute approximate surface area is 83.9 Å².